The fourth-order valence-corrected chi connectivity index (χ4v) is 2.42. The van der Waals surface area contributed by atoms with E-state index in [4.69, 9.17) is 4.42 Å². The third kappa shape index (κ3) is 2.17. The predicted octanol–water partition coefficient (Wildman–Crippen LogP) is 2.92. The zero-order valence-corrected chi connectivity index (χ0v) is 10.1. The Labute approximate surface area is 98.3 Å². The van der Waals surface area contributed by atoms with Crippen LogP contribution in [-0.2, 0) is 6.54 Å². The van der Waals surface area contributed by atoms with Gasteiger partial charge in [-0.3, -0.25) is 4.79 Å². The number of carbonyl (C=O) groups is 1. The molecule has 0 atom stereocenters. The molecule has 2 rings (SSSR count). The Morgan fingerprint density at radius 3 is 2.88 bits per heavy atom. The van der Waals surface area contributed by atoms with Gasteiger partial charge in [-0.1, -0.05) is 0 Å². The zero-order chi connectivity index (χ0) is 11.5. The summed E-state index contributed by atoms with van der Waals surface area (Å²) in [6, 6.07) is 3.75. The topological polar surface area (TPSA) is 33.5 Å². The van der Waals surface area contributed by atoms with Gasteiger partial charge in [-0.05, 0) is 30.0 Å². The van der Waals surface area contributed by atoms with E-state index in [0.717, 1.165) is 0 Å². The van der Waals surface area contributed by atoms with Crippen molar-refractivity contribution in [2.75, 3.05) is 7.05 Å². The second kappa shape index (κ2) is 4.53. The monoisotopic (exact) mass is 235 g/mol. The smallest absolute Gasteiger partial charge is 0.257 e. The Hall–Kier alpha value is -1.55. The molecule has 0 N–H and O–H groups in total. The van der Waals surface area contributed by atoms with Gasteiger partial charge in [0.1, 0.15) is 6.26 Å². The summed E-state index contributed by atoms with van der Waals surface area (Å²) in [7, 11) is 1.80. The minimum absolute atomic E-state index is 0.0125. The lowest BCUT2D eigenvalue weighted by Crippen LogP contribution is -2.25. The molecule has 0 saturated carbocycles. The molecule has 0 aromatic carbocycles. The van der Waals surface area contributed by atoms with E-state index in [9.17, 15) is 4.79 Å². The molecule has 0 bridgehead atoms. The molecule has 0 fully saturated rings. The highest BCUT2D eigenvalue weighted by molar-refractivity contribution is 7.10. The minimum atomic E-state index is -0.0125. The van der Waals surface area contributed by atoms with Gasteiger partial charge in [0.15, 0.2) is 0 Å². The van der Waals surface area contributed by atoms with Crippen LogP contribution in [0.1, 0.15) is 20.8 Å². The summed E-state index contributed by atoms with van der Waals surface area (Å²) < 4.78 is 4.90. The van der Waals surface area contributed by atoms with Crippen molar-refractivity contribution >= 4 is 17.2 Å². The normalized spacial score (nSPS) is 10.4. The van der Waals surface area contributed by atoms with Crippen LogP contribution in [0, 0.1) is 6.92 Å². The average Bonchev–Trinajstić information content (AvgIpc) is 2.89. The molecule has 3 nitrogen and oxygen atoms in total. The summed E-state index contributed by atoms with van der Waals surface area (Å²) in [6.45, 7) is 2.70. The largest absolute Gasteiger partial charge is 0.472 e. The van der Waals surface area contributed by atoms with E-state index in [1.54, 1.807) is 29.4 Å². The molecule has 2 aromatic rings. The Kier molecular flexibility index (Phi) is 3.10. The first-order chi connectivity index (χ1) is 7.68. The Morgan fingerprint density at radius 1 is 1.50 bits per heavy atom. The van der Waals surface area contributed by atoms with Gasteiger partial charge in [-0.25, -0.2) is 0 Å². The number of hydrogen-bond acceptors (Lipinski definition) is 3. The maximum atomic E-state index is 11.9. The Balaban J connectivity index is 2.07. The second-order valence-electron chi connectivity index (χ2n) is 3.70. The highest BCUT2D eigenvalue weighted by Gasteiger charge is 2.14. The van der Waals surface area contributed by atoms with E-state index in [-0.39, 0.29) is 5.91 Å². The van der Waals surface area contributed by atoms with Crippen LogP contribution in [-0.4, -0.2) is 17.9 Å². The van der Waals surface area contributed by atoms with Gasteiger partial charge in [0.25, 0.3) is 5.91 Å². The van der Waals surface area contributed by atoms with E-state index >= 15 is 0 Å². The fraction of sp³-hybridized carbons (Fsp3) is 0.250. The quantitative estimate of drug-likeness (QED) is 0.819. The lowest BCUT2D eigenvalue weighted by Gasteiger charge is -2.15. The third-order valence-corrected chi connectivity index (χ3v) is 3.47. The van der Waals surface area contributed by atoms with Crippen LogP contribution in [0.4, 0.5) is 0 Å². The number of thiophene rings is 1. The average molecular weight is 235 g/mol. The summed E-state index contributed by atoms with van der Waals surface area (Å²) in [5.41, 5.74) is 1.83. The Bertz CT molecular complexity index is 473. The molecule has 0 aliphatic carbocycles. The van der Waals surface area contributed by atoms with Crippen molar-refractivity contribution in [3.05, 3.63) is 46.0 Å². The van der Waals surface area contributed by atoms with E-state index in [2.05, 4.69) is 13.0 Å². The second-order valence-corrected chi connectivity index (χ2v) is 4.70. The molecule has 0 saturated heterocycles. The van der Waals surface area contributed by atoms with E-state index in [1.807, 2.05) is 5.38 Å². The highest BCUT2D eigenvalue weighted by Crippen LogP contribution is 2.18. The van der Waals surface area contributed by atoms with Gasteiger partial charge in [0.05, 0.1) is 18.4 Å². The molecule has 2 heterocycles. The van der Waals surface area contributed by atoms with Gasteiger partial charge >= 0.3 is 0 Å². The van der Waals surface area contributed by atoms with Crippen LogP contribution in [0.15, 0.2) is 34.5 Å². The van der Waals surface area contributed by atoms with Crippen LogP contribution >= 0.6 is 11.3 Å². The van der Waals surface area contributed by atoms with Crippen LogP contribution in [0.2, 0.25) is 0 Å². The first-order valence-corrected chi connectivity index (χ1v) is 5.87. The summed E-state index contributed by atoms with van der Waals surface area (Å²) in [5.74, 6) is -0.0125. The highest BCUT2D eigenvalue weighted by atomic mass is 32.1. The molecule has 0 spiro atoms. The van der Waals surface area contributed by atoms with Crippen molar-refractivity contribution in [1.29, 1.82) is 0 Å². The Morgan fingerprint density at radius 2 is 2.31 bits per heavy atom. The van der Waals surface area contributed by atoms with Gasteiger partial charge in [0.2, 0.25) is 0 Å². The number of amides is 1. The lowest BCUT2D eigenvalue weighted by atomic mass is 10.2. The van der Waals surface area contributed by atoms with Crippen molar-refractivity contribution in [2.45, 2.75) is 13.5 Å². The molecule has 2 aromatic heterocycles. The molecular formula is C12H13NO2S. The maximum Gasteiger partial charge on any atom is 0.257 e. The third-order valence-electron chi connectivity index (χ3n) is 2.46. The number of nitrogens with zero attached hydrogens (tertiary/aromatic N) is 1. The first kappa shape index (κ1) is 11.0. The van der Waals surface area contributed by atoms with E-state index in [0.29, 0.717) is 12.1 Å². The first-order valence-electron chi connectivity index (χ1n) is 4.99. The van der Waals surface area contributed by atoms with Crippen LogP contribution in [0.5, 0.6) is 0 Å². The van der Waals surface area contributed by atoms with Crippen molar-refractivity contribution in [3.63, 3.8) is 0 Å². The molecule has 0 aliphatic rings. The zero-order valence-electron chi connectivity index (χ0n) is 9.27. The standard InChI is InChI=1S/C12H13NO2S/c1-9-4-6-16-11(9)7-13(2)12(14)10-3-5-15-8-10/h3-6,8H,7H2,1-2H3. The van der Waals surface area contributed by atoms with Crippen molar-refractivity contribution in [3.8, 4) is 0 Å². The molecule has 0 radical (unpaired) electrons. The lowest BCUT2D eigenvalue weighted by molar-refractivity contribution is 0.0785. The number of hydrogen-bond donors (Lipinski definition) is 0. The van der Waals surface area contributed by atoms with Crippen LogP contribution in [0.3, 0.4) is 0 Å². The van der Waals surface area contributed by atoms with Crippen LogP contribution in [0.25, 0.3) is 0 Å². The summed E-state index contributed by atoms with van der Waals surface area (Å²) in [4.78, 5) is 14.8. The minimum Gasteiger partial charge on any atom is -0.472 e. The SMILES string of the molecule is Cc1ccsc1CN(C)C(=O)c1ccoc1. The number of aryl methyl sites for hydroxylation is 1. The number of rotatable bonds is 3. The molecule has 0 aliphatic heterocycles. The number of carbonyl (C=O) groups excluding carboxylic acids is 1. The van der Waals surface area contributed by atoms with Crippen molar-refractivity contribution in [2.24, 2.45) is 0 Å². The summed E-state index contributed by atoms with van der Waals surface area (Å²) in [5, 5.41) is 2.04. The van der Waals surface area contributed by atoms with E-state index < -0.39 is 0 Å². The summed E-state index contributed by atoms with van der Waals surface area (Å²) in [6.07, 6.45) is 2.98. The maximum absolute atomic E-state index is 11.9. The van der Waals surface area contributed by atoms with Gasteiger partial charge < -0.3 is 9.32 Å². The molecule has 4 heteroatoms. The van der Waals surface area contributed by atoms with Gasteiger partial charge in [0, 0.05) is 11.9 Å². The molecule has 1 amide bonds. The number of furan rings is 1. The molecular weight excluding hydrogens is 222 g/mol. The van der Waals surface area contributed by atoms with Gasteiger partial charge in [-0.2, -0.15) is 0 Å². The summed E-state index contributed by atoms with van der Waals surface area (Å²) >= 11 is 1.68. The van der Waals surface area contributed by atoms with Crippen LogP contribution < -0.4 is 0 Å². The molecule has 16 heavy (non-hydrogen) atoms. The van der Waals surface area contributed by atoms with Crippen molar-refractivity contribution in [1.82, 2.24) is 4.90 Å². The van der Waals surface area contributed by atoms with E-state index in [1.165, 1.54) is 23.0 Å². The fourth-order valence-electron chi connectivity index (χ4n) is 1.46. The van der Waals surface area contributed by atoms with Crippen molar-refractivity contribution < 1.29 is 9.21 Å². The molecule has 84 valence electrons. The van der Waals surface area contributed by atoms with Gasteiger partial charge in [-0.15, -0.1) is 11.3 Å². The predicted molar refractivity (Wildman–Crippen MR) is 63.6 cm³/mol. The molecule has 0 unspecified atom stereocenters.